The molecule has 0 fully saturated rings. The summed E-state index contributed by atoms with van der Waals surface area (Å²) < 4.78 is 33.9. The fraction of sp³-hybridized carbons (Fsp3) is 0.0714. The average molecular weight is 354 g/mol. The molecule has 3 rings (SSSR count). The van der Waals surface area contributed by atoms with Crippen LogP contribution in [0.1, 0.15) is 0 Å². The third kappa shape index (κ3) is 2.23. The summed E-state index contributed by atoms with van der Waals surface area (Å²) in [4.78, 5) is 4.11. The van der Waals surface area contributed by atoms with Gasteiger partial charge in [0, 0.05) is 12.1 Å². The second-order valence-corrected chi connectivity index (χ2v) is 5.23. The van der Waals surface area contributed by atoms with E-state index in [0.29, 0.717) is 21.2 Å². The molecule has 0 unspecified atom stereocenters. The number of rotatable bonds is 2. The normalized spacial score (nSPS) is 11.0. The van der Waals surface area contributed by atoms with Crippen molar-refractivity contribution in [1.29, 1.82) is 0 Å². The van der Waals surface area contributed by atoms with Gasteiger partial charge in [-0.15, -0.1) is 0 Å². The molecule has 0 atom stereocenters. The molecule has 0 aliphatic rings. The van der Waals surface area contributed by atoms with Crippen molar-refractivity contribution >= 4 is 32.9 Å². The van der Waals surface area contributed by atoms with Gasteiger partial charge in [0.05, 0.1) is 28.3 Å². The Hall–Kier alpha value is -2.15. The number of halogens is 3. The number of fused-ring (bicyclic) bond motifs is 1. The molecule has 7 heteroatoms. The van der Waals surface area contributed by atoms with Gasteiger partial charge in [-0.3, -0.25) is 4.57 Å². The molecule has 0 radical (unpaired) electrons. The molecule has 0 aliphatic heterocycles. The van der Waals surface area contributed by atoms with Crippen LogP contribution in [0.4, 0.5) is 14.7 Å². The quantitative estimate of drug-likeness (QED) is 0.764. The highest BCUT2D eigenvalue weighted by Crippen LogP contribution is 2.30. The van der Waals surface area contributed by atoms with E-state index in [0.717, 1.165) is 0 Å². The monoisotopic (exact) mass is 353 g/mol. The van der Waals surface area contributed by atoms with E-state index in [9.17, 15) is 8.78 Å². The Labute approximate surface area is 127 Å². The Morgan fingerprint density at radius 1 is 1.19 bits per heavy atom. The Morgan fingerprint density at radius 3 is 2.62 bits per heavy atom. The number of benzene rings is 2. The Morgan fingerprint density at radius 2 is 1.95 bits per heavy atom. The molecule has 0 saturated carbocycles. The number of anilines is 1. The first kappa shape index (κ1) is 13.8. The van der Waals surface area contributed by atoms with Gasteiger partial charge in [0.25, 0.3) is 0 Å². The van der Waals surface area contributed by atoms with E-state index in [-0.39, 0.29) is 17.5 Å². The Bertz CT molecular complexity index is 848. The molecule has 0 saturated heterocycles. The van der Waals surface area contributed by atoms with E-state index < -0.39 is 5.82 Å². The van der Waals surface area contributed by atoms with Crippen molar-refractivity contribution in [2.75, 3.05) is 12.8 Å². The number of ether oxygens (including phenoxy) is 1. The van der Waals surface area contributed by atoms with E-state index in [1.807, 2.05) is 0 Å². The van der Waals surface area contributed by atoms with Crippen LogP contribution in [-0.4, -0.2) is 16.7 Å². The van der Waals surface area contributed by atoms with Gasteiger partial charge in [-0.2, -0.15) is 0 Å². The maximum Gasteiger partial charge on any atom is 0.205 e. The lowest BCUT2D eigenvalue weighted by atomic mass is 10.2. The molecular formula is C14H10BrF2N3O. The van der Waals surface area contributed by atoms with Crippen LogP contribution in [0.2, 0.25) is 0 Å². The lowest BCUT2D eigenvalue weighted by Crippen LogP contribution is -2.01. The van der Waals surface area contributed by atoms with Crippen LogP contribution in [0.15, 0.2) is 34.8 Å². The lowest BCUT2D eigenvalue weighted by molar-refractivity contribution is 0.387. The summed E-state index contributed by atoms with van der Waals surface area (Å²) >= 11 is 3.13. The molecule has 0 spiro atoms. The van der Waals surface area contributed by atoms with Crippen molar-refractivity contribution in [3.63, 3.8) is 0 Å². The van der Waals surface area contributed by atoms with Crippen molar-refractivity contribution in [3.05, 3.63) is 46.4 Å². The third-order valence-corrected chi connectivity index (χ3v) is 3.72. The van der Waals surface area contributed by atoms with Crippen LogP contribution in [0.3, 0.4) is 0 Å². The van der Waals surface area contributed by atoms with Crippen molar-refractivity contribution in [3.8, 4) is 11.4 Å². The highest BCUT2D eigenvalue weighted by Gasteiger charge is 2.15. The van der Waals surface area contributed by atoms with Crippen LogP contribution >= 0.6 is 15.9 Å². The van der Waals surface area contributed by atoms with Crippen LogP contribution in [0.25, 0.3) is 16.7 Å². The lowest BCUT2D eigenvalue weighted by Gasteiger charge is -2.08. The van der Waals surface area contributed by atoms with Crippen LogP contribution in [0, 0.1) is 11.6 Å². The Balaban J connectivity index is 2.30. The van der Waals surface area contributed by atoms with Crippen LogP contribution < -0.4 is 10.5 Å². The molecular weight excluding hydrogens is 344 g/mol. The zero-order chi connectivity index (χ0) is 15.1. The summed E-state index contributed by atoms with van der Waals surface area (Å²) in [7, 11) is 1.38. The van der Waals surface area contributed by atoms with Gasteiger partial charge in [-0.05, 0) is 34.1 Å². The molecule has 3 aromatic rings. The Kier molecular flexibility index (Phi) is 3.29. The molecule has 0 aliphatic carbocycles. The fourth-order valence-corrected chi connectivity index (χ4v) is 2.52. The maximum absolute atomic E-state index is 13.7. The number of nitrogens with zero attached hydrogens (tertiary/aromatic N) is 2. The average Bonchev–Trinajstić information content (AvgIpc) is 2.76. The van der Waals surface area contributed by atoms with E-state index >= 15 is 0 Å². The topological polar surface area (TPSA) is 53.1 Å². The maximum atomic E-state index is 13.7. The number of aromatic nitrogens is 2. The summed E-state index contributed by atoms with van der Waals surface area (Å²) in [6, 6.07) is 7.20. The molecule has 2 N–H and O–H groups in total. The minimum absolute atomic E-state index is 0.0878. The molecule has 0 amide bonds. The summed E-state index contributed by atoms with van der Waals surface area (Å²) in [5.41, 5.74) is 7.47. The molecule has 4 nitrogen and oxygen atoms in total. The predicted octanol–water partition coefficient (Wildman–Crippen LogP) is 3.66. The van der Waals surface area contributed by atoms with Crippen molar-refractivity contribution in [2.45, 2.75) is 0 Å². The minimum atomic E-state index is -0.519. The number of hydrogen-bond donors (Lipinski definition) is 1. The number of imidazole rings is 1. The zero-order valence-electron chi connectivity index (χ0n) is 10.9. The second kappa shape index (κ2) is 5.00. The molecule has 1 heterocycles. The van der Waals surface area contributed by atoms with E-state index in [4.69, 9.17) is 10.5 Å². The van der Waals surface area contributed by atoms with Gasteiger partial charge in [-0.1, -0.05) is 0 Å². The highest BCUT2D eigenvalue weighted by atomic mass is 79.9. The van der Waals surface area contributed by atoms with Gasteiger partial charge >= 0.3 is 0 Å². The molecule has 0 bridgehead atoms. The molecule has 21 heavy (non-hydrogen) atoms. The summed E-state index contributed by atoms with van der Waals surface area (Å²) in [6.07, 6.45) is 0. The SMILES string of the molecule is COc1cc2c(cc1F)nc(N)n2-c1ccc(F)c(Br)c1. The van der Waals surface area contributed by atoms with Crippen molar-refractivity contribution in [2.24, 2.45) is 0 Å². The van der Waals surface area contributed by atoms with E-state index in [1.165, 1.54) is 25.3 Å². The fourth-order valence-electron chi connectivity index (χ4n) is 2.15. The van der Waals surface area contributed by atoms with Crippen molar-refractivity contribution in [1.82, 2.24) is 9.55 Å². The van der Waals surface area contributed by atoms with Gasteiger partial charge < -0.3 is 10.5 Å². The second-order valence-electron chi connectivity index (χ2n) is 4.38. The van der Waals surface area contributed by atoms with Gasteiger partial charge in [0.2, 0.25) is 5.95 Å². The minimum Gasteiger partial charge on any atom is -0.494 e. The van der Waals surface area contributed by atoms with Gasteiger partial charge in [0.1, 0.15) is 5.82 Å². The van der Waals surface area contributed by atoms with Gasteiger partial charge in [0.15, 0.2) is 11.6 Å². The standard InChI is InChI=1S/C14H10BrF2N3O/c1-21-13-6-12-11(5-10(13)17)19-14(18)20(12)7-2-3-9(16)8(15)4-7/h2-6H,1H3,(H2,18,19). The van der Waals surface area contributed by atoms with E-state index in [2.05, 4.69) is 20.9 Å². The number of hydrogen-bond acceptors (Lipinski definition) is 3. The number of nitrogen functional groups attached to an aromatic ring is 1. The van der Waals surface area contributed by atoms with E-state index in [1.54, 1.807) is 16.7 Å². The molecule has 108 valence electrons. The number of methoxy groups -OCH3 is 1. The smallest absolute Gasteiger partial charge is 0.205 e. The molecule has 1 aromatic heterocycles. The summed E-state index contributed by atoms with van der Waals surface area (Å²) in [5, 5.41) is 0. The first-order valence-corrected chi connectivity index (χ1v) is 6.77. The first-order valence-electron chi connectivity index (χ1n) is 5.98. The van der Waals surface area contributed by atoms with Crippen LogP contribution in [0.5, 0.6) is 5.75 Å². The molecule has 2 aromatic carbocycles. The number of nitrogens with two attached hydrogens (primary N) is 1. The largest absolute Gasteiger partial charge is 0.494 e. The van der Waals surface area contributed by atoms with Crippen molar-refractivity contribution < 1.29 is 13.5 Å². The highest BCUT2D eigenvalue weighted by molar-refractivity contribution is 9.10. The zero-order valence-corrected chi connectivity index (χ0v) is 12.5. The summed E-state index contributed by atoms with van der Waals surface area (Å²) in [6.45, 7) is 0. The van der Waals surface area contributed by atoms with Gasteiger partial charge in [-0.25, -0.2) is 13.8 Å². The van der Waals surface area contributed by atoms with Crippen LogP contribution in [-0.2, 0) is 0 Å². The third-order valence-electron chi connectivity index (χ3n) is 3.12. The first-order chi connectivity index (χ1) is 10.0. The predicted molar refractivity (Wildman–Crippen MR) is 79.7 cm³/mol. The summed E-state index contributed by atoms with van der Waals surface area (Å²) in [5.74, 6) is -0.638.